The number of rotatable bonds is 5. The average Bonchev–Trinajstić information content (AvgIpc) is 2.75. The van der Waals surface area contributed by atoms with E-state index in [4.69, 9.17) is 4.74 Å². The lowest BCUT2D eigenvalue weighted by atomic mass is 9.99. The van der Waals surface area contributed by atoms with E-state index in [1.54, 1.807) is 48.0 Å². The first-order chi connectivity index (χ1) is 14.7. The van der Waals surface area contributed by atoms with Crippen molar-refractivity contribution in [2.75, 3.05) is 26.7 Å². The quantitative estimate of drug-likeness (QED) is 0.790. The van der Waals surface area contributed by atoms with Gasteiger partial charge in [-0.3, -0.25) is 9.59 Å². The summed E-state index contributed by atoms with van der Waals surface area (Å²) in [5, 5.41) is 9.71. The van der Waals surface area contributed by atoms with Gasteiger partial charge in [0.25, 0.3) is 5.91 Å². The first-order valence-electron chi connectivity index (χ1n) is 10.3. The van der Waals surface area contributed by atoms with Gasteiger partial charge in [0.1, 0.15) is 17.5 Å². The van der Waals surface area contributed by atoms with E-state index in [-0.39, 0.29) is 35.8 Å². The molecule has 1 aliphatic rings. The van der Waals surface area contributed by atoms with Crippen LogP contribution in [0, 0.1) is 11.7 Å². The Balaban J connectivity index is 2.07. The van der Waals surface area contributed by atoms with Crippen molar-refractivity contribution < 1.29 is 23.8 Å². The van der Waals surface area contributed by atoms with Crippen LogP contribution in [0.15, 0.2) is 36.5 Å². The van der Waals surface area contributed by atoms with Crippen molar-refractivity contribution in [2.45, 2.75) is 32.9 Å². The molecule has 7 nitrogen and oxygen atoms in total. The number of carbonyl (C=O) groups is 2. The zero-order valence-electron chi connectivity index (χ0n) is 18.2. The number of benzene rings is 1. The summed E-state index contributed by atoms with van der Waals surface area (Å²) in [5.41, 5.74) is 0.982. The van der Waals surface area contributed by atoms with Crippen molar-refractivity contribution in [3.8, 4) is 17.0 Å². The highest BCUT2D eigenvalue weighted by molar-refractivity contribution is 5.98. The Bertz CT molecular complexity index is 968. The number of fused-ring (bicyclic) bond motifs is 1. The Hall–Kier alpha value is -3.00. The zero-order chi connectivity index (χ0) is 22.7. The van der Waals surface area contributed by atoms with E-state index in [1.165, 1.54) is 19.2 Å². The van der Waals surface area contributed by atoms with Gasteiger partial charge in [0.05, 0.1) is 19.2 Å². The van der Waals surface area contributed by atoms with Gasteiger partial charge in [-0.15, -0.1) is 0 Å². The van der Waals surface area contributed by atoms with Gasteiger partial charge in [-0.1, -0.05) is 25.1 Å². The van der Waals surface area contributed by atoms with Gasteiger partial charge in [-0.25, -0.2) is 9.37 Å². The van der Waals surface area contributed by atoms with Crippen LogP contribution in [-0.2, 0) is 4.79 Å². The molecule has 1 aromatic carbocycles. The zero-order valence-corrected chi connectivity index (χ0v) is 18.2. The molecule has 166 valence electrons. The number of halogens is 1. The maximum absolute atomic E-state index is 14.3. The standard InChI is InChI=1S/C23H28FN3O4/c1-14-11-27(15(2)13-28)23(30)19-9-17(18-7-5-6-8-20(18)24)10-25-22(19)31-21(14)12-26(4)16(3)29/h5-10,14-15,21,28H,11-13H2,1-4H3/t14-,15+,21+/m0/s1. The average molecular weight is 429 g/mol. The number of aliphatic hydroxyl groups excluding tert-OH is 1. The number of pyridine rings is 1. The lowest BCUT2D eigenvalue weighted by Gasteiger charge is -2.37. The minimum Gasteiger partial charge on any atom is -0.472 e. The van der Waals surface area contributed by atoms with E-state index in [0.29, 0.717) is 24.2 Å². The SMILES string of the molecule is CC(=O)N(C)C[C@H]1Oc2ncc(-c3ccccc3F)cc2C(=O)N([C@H](C)CO)C[C@@H]1C. The van der Waals surface area contributed by atoms with Crippen LogP contribution >= 0.6 is 0 Å². The Morgan fingerprint density at radius 2 is 2.10 bits per heavy atom. The van der Waals surface area contributed by atoms with Gasteiger partial charge in [-0.05, 0) is 19.1 Å². The van der Waals surface area contributed by atoms with Crippen LogP contribution in [0.5, 0.6) is 5.88 Å². The molecule has 0 bridgehead atoms. The molecule has 0 saturated heterocycles. The van der Waals surface area contributed by atoms with Crippen molar-refractivity contribution in [3.05, 3.63) is 47.9 Å². The highest BCUT2D eigenvalue weighted by atomic mass is 19.1. The lowest BCUT2D eigenvalue weighted by molar-refractivity contribution is -0.129. The van der Waals surface area contributed by atoms with E-state index in [2.05, 4.69) is 4.98 Å². The normalized spacial score (nSPS) is 19.7. The first-order valence-corrected chi connectivity index (χ1v) is 10.3. The second-order valence-corrected chi connectivity index (χ2v) is 8.08. The Labute approximate surface area is 181 Å². The molecule has 1 aromatic heterocycles. The molecule has 0 fully saturated rings. The highest BCUT2D eigenvalue weighted by Gasteiger charge is 2.34. The van der Waals surface area contributed by atoms with Crippen LogP contribution in [0.1, 0.15) is 31.1 Å². The summed E-state index contributed by atoms with van der Waals surface area (Å²) in [7, 11) is 1.69. The number of nitrogens with zero attached hydrogens (tertiary/aromatic N) is 3. The second kappa shape index (κ2) is 9.43. The molecule has 8 heteroatoms. The molecule has 31 heavy (non-hydrogen) atoms. The largest absolute Gasteiger partial charge is 0.472 e. The number of hydrogen-bond donors (Lipinski definition) is 1. The van der Waals surface area contributed by atoms with Crippen LogP contribution in [0.2, 0.25) is 0 Å². The molecule has 2 aromatic rings. The third kappa shape index (κ3) is 4.85. The molecular formula is C23H28FN3O4. The van der Waals surface area contributed by atoms with Crippen molar-refractivity contribution in [2.24, 2.45) is 5.92 Å². The molecule has 0 spiro atoms. The molecule has 3 atom stereocenters. The van der Waals surface area contributed by atoms with Crippen molar-refractivity contribution in [1.29, 1.82) is 0 Å². The molecule has 2 heterocycles. The van der Waals surface area contributed by atoms with Crippen LogP contribution in [-0.4, -0.2) is 70.6 Å². The molecule has 0 saturated carbocycles. The fourth-order valence-corrected chi connectivity index (χ4v) is 3.56. The Morgan fingerprint density at radius 1 is 1.39 bits per heavy atom. The van der Waals surface area contributed by atoms with Gasteiger partial charge < -0.3 is 19.6 Å². The summed E-state index contributed by atoms with van der Waals surface area (Å²) in [4.78, 5) is 32.6. The molecule has 1 N–H and O–H groups in total. The molecule has 0 aliphatic carbocycles. The lowest BCUT2D eigenvalue weighted by Crippen LogP contribution is -2.50. The summed E-state index contributed by atoms with van der Waals surface area (Å²) in [5.74, 6) is -0.849. The number of amides is 2. The van der Waals surface area contributed by atoms with E-state index in [1.807, 2.05) is 6.92 Å². The van der Waals surface area contributed by atoms with Crippen molar-refractivity contribution >= 4 is 11.8 Å². The minimum atomic E-state index is -0.427. The van der Waals surface area contributed by atoms with E-state index < -0.39 is 18.0 Å². The Morgan fingerprint density at radius 3 is 2.74 bits per heavy atom. The summed E-state index contributed by atoms with van der Waals surface area (Å²) in [6, 6.07) is 7.42. The summed E-state index contributed by atoms with van der Waals surface area (Å²) in [6.45, 7) is 5.62. The third-order valence-corrected chi connectivity index (χ3v) is 5.70. The number of aliphatic hydroxyl groups is 1. The molecule has 0 unspecified atom stereocenters. The summed E-state index contributed by atoms with van der Waals surface area (Å²) in [6.07, 6.45) is 1.06. The fourth-order valence-electron chi connectivity index (χ4n) is 3.56. The van der Waals surface area contributed by atoms with Crippen molar-refractivity contribution in [3.63, 3.8) is 0 Å². The molecule has 2 amide bonds. The fraction of sp³-hybridized carbons (Fsp3) is 0.435. The maximum Gasteiger partial charge on any atom is 0.259 e. The number of hydrogen-bond acceptors (Lipinski definition) is 5. The number of likely N-dealkylation sites (N-methyl/N-ethyl adjacent to an activating group) is 1. The van der Waals surface area contributed by atoms with E-state index in [9.17, 15) is 19.1 Å². The van der Waals surface area contributed by atoms with E-state index >= 15 is 0 Å². The molecule has 0 radical (unpaired) electrons. The van der Waals surface area contributed by atoms with Crippen LogP contribution in [0.25, 0.3) is 11.1 Å². The van der Waals surface area contributed by atoms with Gasteiger partial charge in [-0.2, -0.15) is 0 Å². The third-order valence-electron chi connectivity index (χ3n) is 5.70. The monoisotopic (exact) mass is 429 g/mol. The number of aromatic nitrogens is 1. The topological polar surface area (TPSA) is 83.0 Å². The number of ether oxygens (including phenoxy) is 1. The van der Waals surface area contributed by atoms with Gasteiger partial charge in [0.2, 0.25) is 11.8 Å². The predicted octanol–water partition coefficient (Wildman–Crippen LogP) is 2.59. The minimum absolute atomic E-state index is 0.0994. The summed E-state index contributed by atoms with van der Waals surface area (Å²) < 4.78 is 20.4. The number of carbonyl (C=O) groups excluding carboxylic acids is 2. The maximum atomic E-state index is 14.3. The highest BCUT2D eigenvalue weighted by Crippen LogP contribution is 2.31. The van der Waals surface area contributed by atoms with Crippen LogP contribution in [0.3, 0.4) is 0 Å². The molecule has 3 rings (SSSR count). The first kappa shape index (κ1) is 22.7. The van der Waals surface area contributed by atoms with E-state index in [0.717, 1.165) is 0 Å². The van der Waals surface area contributed by atoms with Crippen molar-refractivity contribution in [1.82, 2.24) is 14.8 Å². The van der Waals surface area contributed by atoms with Gasteiger partial charge in [0, 0.05) is 43.8 Å². The predicted molar refractivity (Wildman–Crippen MR) is 114 cm³/mol. The molecule has 1 aliphatic heterocycles. The van der Waals surface area contributed by atoms with Crippen LogP contribution < -0.4 is 4.74 Å². The smallest absolute Gasteiger partial charge is 0.259 e. The summed E-state index contributed by atoms with van der Waals surface area (Å²) >= 11 is 0. The Kier molecular flexibility index (Phi) is 6.90. The van der Waals surface area contributed by atoms with Crippen LogP contribution in [0.4, 0.5) is 4.39 Å². The molecular weight excluding hydrogens is 401 g/mol. The van der Waals surface area contributed by atoms with Gasteiger partial charge in [0.15, 0.2) is 0 Å². The van der Waals surface area contributed by atoms with Gasteiger partial charge >= 0.3 is 0 Å². The second-order valence-electron chi connectivity index (χ2n) is 8.08.